The number of aliphatic carboxylic acids is 1. The first-order valence-corrected chi connectivity index (χ1v) is 6.96. The molecule has 0 unspecified atom stereocenters. The highest BCUT2D eigenvalue weighted by atomic mass is 16.4. The number of carbonyl (C=O) groups is 2. The van der Waals surface area contributed by atoms with E-state index in [1.165, 1.54) is 0 Å². The van der Waals surface area contributed by atoms with Gasteiger partial charge in [0, 0.05) is 23.3 Å². The summed E-state index contributed by atoms with van der Waals surface area (Å²) >= 11 is 0. The number of amides is 1. The number of nitrogens with zero attached hydrogens (tertiary/aromatic N) is 2. The van der Waals surface area contributed by atoms with Crippen LogP contribution < -0.4 is 5.32 Å². The molecule has 2 aromatic rings. The van der Waals surface area contributed by atoms with Gasteiger partial charge < -0.3 is 10.4 Å². The van der Waals surface area contributed by atoms with E-state index in [1.807, 2.05) is 36.9 Å². The number of fused-ring (bicyclic) bond motifs is 1. The molecule has 1 heterocycles. The van der Waals surface area contributed by atoms with Gasteiger partial charge in [-0.15, -0.1) is 0 Å². The van der Waals surface area contributed by atoms with Crippen molar-refractivity contribution in [1.82, 2.24) is 9.78 Å². The first-order valence-electron chi connectivity index (χ1n) is 6.96. The summed E-state index contributed by atoms with van der Waals surface area (Å²) in [5.74, 6) is -1.49. The van der Waals surface area contributed by atoms with E-state index in [4.69, 9.17) is 5.11 Å². The van der Waals surface area contributed by atoms with E-state index in [-0.39, 0.29) is 6.04 Å². The number of nitrogens with one attached hydrogen (secondary N) is 1. The minimum Gasteiger partial charge on any atom is -0.480 e. The van der Waals surface area contributed by atoms with Crippen LogP contribution in [-0.2, 0) is 9.59 Å². The number of rotatable bonds is 4. The van der Waals surface area contributed by atoms with E-state index in [9.17, 15) is 9.59 Å². The van der Waals surface area contributed by atoms with Crippen molar-refractivity contribution in [1.29, 1.82) is 0 Å². The minimum atomic E-state index is -1.23. The van der Waals surface area contributed by atoms with Crippen LogP contribution in [0.2, 0.25) is 0 Å². The highest BCUT2D eigenvalue weighted by molar-refractivity contribution is 6.11. The summed E-state index contributed by atoms with van der Waals surface area (Å²) < 4.78 is 1.86. The second-order valence-electron chi connectivity index (χ2n) is 5.82. The molecule has 2 N–H and O–H groups in total. The van der Waals surface area contributed by atoms with Gasteiger partial charge in [-0.05, 0) is 44.9 Å². The molecule has 0 atom stereocenters. The van der Waals surface area contributed by atoms with Gasteiger partial charge in [0.1, 0.15) is 5.41 Å². The maximum atomic E-state index is 12.1. The molecule has 1 aliphatic carbocycles. The number of carbonyl (C=O) groups excluding carboxylic acids is 1. The summed E-state index contributed by atoms with van der Waals surface area (Å²) in [5.41, 5.74) is 0.223. The Hall–Kier alpha value is -2.37. The van der Waals surface area contributed by atoms with Crippen molar-refractivity contribution < 1.29 is 14.7 Å². The normalized spacial score (nSPS) is 16.1. The third-order valence-electron chi connectivity index (χ3n) is 3.90. The number of carboxylic acid groups (broad SMARTS) is 1. The lowest BCUT2D eigenvalue weighted by Crippen LogP contribution is -2.31. The van der Waals surface area contributed by atoms with Crippen LogP contribution in [0.25, 0.3) is 10.9 Å². The van der Waals surface area contributed by atoms with Crippen LogP contribution in [0.15, 0.2) is 24.4 Å². The summed E-state index contributed by atoms with van der Waals surface area (Å²) in [6.07, 6.45) is 2.73. The zero-order valence-electron chi connectivity index (χ0n) is 12.0. The first kappa shape index (κ1) is 13.6. The lowest BCUT2D eigenvalue weighted by atomic mass is 10.1. The Balaban J connectivity index is 1.85. The number of anilines is 1. The van der Waals surface area contributed by atoms with E-state index in [2.05, 4.69) is 10.4 Å². The van der Waals surface area contributed by atoms with Crippen molar-refractivity contribution in [2.45, 2.75) is 32.7 Å². The Bertz CT molecular complexity index is 729. The zero-order chi connectivity index (χ0) is 15.2. The summed E-state index contributed by atoms with van der Waals surface area (Å²) in [5, 5.41) is 17.2. The van der Waals surface area contributed by atoms with Gasteiger partial charge >= 0.3 is 5.97 Å². The minimum absolute atomic E-state index is 0.261. The Kier molecular flexibility index (Phi) is 2.97. The maximum Gasteiger partial charge on any atom is 0.319 e. The Morgan fingerprint density at radius 1 is 1.38 bits per heavy atom. The smallest absolute Gasteiger partial charge is 0.319 e. The summed E-state index contributed by atoms with van der Waals surface area (Å²) in [6, 6.07) is 5.65. The van der Waals surface area contributed by atoms with Gasteiger partial charge in [0.25, 0.3) is 0 Å². The molecule has 3 rings (SSSR count). The van der Waals surface area contributed by atoms with Crippen molar-refractivity contribution in [3.05, 3.63) is 24.4 Å². The fraction of sp³-hybridized carbons (Fsp3) is 0.400. The van der Waals surface area contributed by atoms with Gasteiger partial charge in [-0.3, -0.25) is 14.3 Å². The quantitative estimate of drug-likeness (QED) is 0.846. The molecule has 21 heavy (non-hydrogen) atoms. The van der Waals surface area contributed by atoms with E-state index in [0.717, 1.165) is 10.9 Å². The molecule has 1 aliphatic rings. The van der Waals surface area contributed by atoms with Gasteiger partial charge in [0.2, 0.25) is 5.91 Å². The second-order valence-corrected chi connectivity index (χ2v) is 5.82. The van der Waals surface area contributed by atoms with E-state index >= 15 is 0 Å². The third-order valence-corrected chi connectivity index (χ3v) is 3.90. The van der Waals surface area contributed by atoms with Gasteiger partial charge in [0.05, 0.1) is 5.52 Å². The second kappa shape index (κ2) is 4.58. The average Bonchev–Trinajstić information content (AvgIpc) is 3.13. The van der Waals surface area contributed by atoms with Crippen LogP contribution in [0.5, 0.6) is 0 Å². The van der Waals surface area contributed by atoms with Crippen LogP contribution in [-0.4, -0.2) is 26.8 Å². The lowest BCUT2D eigenvalue weighted by molar-refractivity contribution is -0.147. The molecule has 6 nitrogen and oxygen atoms in total. The maximum absolute atomic E-state index is 12.1. The van der Waals surface area contributed by atoms with Crippen molar-refractivity contribution >= 4 is 28.5 Å². The van der Waals surface area contributed by atoms with Gasteiger partial charge in [-0.1, -0.05) is 0 Å². The summed E-state index contributed by atoms with van der Waals surface area (Å²) in [7, 11) is 0. The van der Waals surface area contributed by atoms with Crippen LogP contribution in [0, 0.1) is 5.41 Å². The van der Waals surface area contributed by atoms with Crippen molar-refractivity contribution in [3.8, 4) is 0 Å². The first-order chi connectivity index (χ1) is 9.92. The predicted molar refractivity (Wildman–Crippen MR) is 78.1 cm³/mol. The molecule has 1 amide bonds. The number of hydrogen-bond acceptors (Lipinski definition) is 3. The molecule has 0 radical (unpaired) electrons. The van der Waals surface area contributed by atoms with Crippen LogP contribution in [0.1, 0.15) is 32.7 Å². The Morgan fingerprint density at radius 2 is 2.10 bits per heavy atom. The molecule has 0 spiro atoms. The monoisotopic (exact) mass is 287 g/mol. The molecule has 1 fully saturated rings. The van der Waals surface area contributed by atoms with Gasteiger partial charge in [0.15, 0.2) is 0 Å². The van der Waals surface area contributed by atoms with E-state index in [1.54, 1.807) is 6.07 Å². The average molecular weight is 287 g/mol. The highest BCUT2D eigenvalue weighted by Gasteiger charge is 2.57. The van der Waals surface area contributed by atoms with Crippen molar-refractivity contribution in [3.63, 3.8) is 0 Å². The molecule has 1 aromatic carbocycles. The van der Waals surface area contributed by atoms with Crippen LogP contribution in [0.4, 0.5) is 5.69 Å². The van der Waals surface area contributed by atoms with E-state index < -0.39 is 17.3 Å². The lowest BCUT2D eigenvalue weighted by Gasteiger charge is -2.10. The van der Waals surface area contributed by atoms with Crippen molar-refractivity contribution in [2.24, 2.45) is 5.41 Å². The third kappa shape index (κ3) is 2.26. The summed E-state index contributed by atoms with van der Waals surface area (Å²) in [6.45, 7) is 4.08. The fourth-order valence-electron chi connectivity index (χ4n) is 2.30. The molecule has 110 valence electrons. The number of aromatic nitrogens is 2. The molecule has 0 saturated heterocycles. The number of hydrogen-bond donors (Lipinski definition) is 2. The van der Waals surface area contributed by atoms with Crippen LogP contribution in [0.3, 0.4) is 0 Å². The van der Waals surface area contributed by atoms with E-state index in [0.29, 0.717) is 18.5 Å². The number of carboxylic acids is 1. The zero-order valence-corrected chi connectivity index (χ0v) is 12.0. The topological polar surface area (TPSA) is 84.2 Å². The molecule has 6 heteroatoms. The molecular formula is C15H17N3O3. The predicted octanol–water partition coefficient (Wildman–Crippen LogP) is 2.42. The number of benzene rings is 1. The molecule has 1 aromatic heterocycles. The highest BCUT2D eigenvalue weighted by Crippen LogP contribution is 2.46. The van der Waals surface area contributed by atoms with Crippen LogP contribution >= 0.6 is 0 Å². The Labute approximate surface area is 121 Å². The Morgan fingerprint density at radius 3 is 2.67 bits per heavy atom. The largest absolute Gasteiger partial charge is 0.480 e. The molecule has 1 saturated carbocycles. The van der Waals surface area contributed by atoms with Crippen molar-refractivity contribution in [2.75, 3.05) is 5.32 Å². The molecular weight excluding hydrogens is 270 g/mol. The standard InChI is InChI=1S/C15H17N3O3/c1-9(2)18-8-10-7-11(3-4-12(10)17-18)16-13(19)15(5-6-15)14(20)21/h3-4,7-9H,5-6H2,1-2H3,(H,16,19)(H,20,21). The summed E-state index contributed by atoms with van der Waals surface area (Å²) in [4.78, 5) is 23.2. The van der Waals surface area contributed by atoms with Gasteiger partial charge in [-0.25, -0.2) is 0 Å². The molecule has 0 aliphatic heterocycles. The van der Waals surface area contributed by atoms with Gasteiger partial charge in [-0.2, -0.15) is 5.10 Å². The molecule has 0 bridgehead atoms. The fourth-order valence-corrected chi connectivity index (χ4v) is 2.30. The SMILES string of the molecule is CC(C)n1cc2cc(NC(=O)C3(C(=O)O)CC3)ccc2n1.